The molecule has 7 heteroatoms. The van der Waals surface area contributed by atoms with E-state index >= 15 is 0 Å². The molecule has 0 saturated heterocycles. The summed E-state index contributed by atoms with van der Waals surface area (Å²) in [5.41, 5.74) is 6.46. The Kier molecular flexibility index (Phi) is 4.86. The lowest BCUT2D eigenvalue weighted by Gasteiger charge is -2.16. The van der Waals surface area contributed by atoms with Gasteiger partial charge in [0.15, 0.2) is 11.0 Å². The number of hydrogen-bond donors (Lipinski definition) is 1. The number of thiazole rings is 1. The molecule has 2 aromatic heterocycles. The molecule has 2 rings (SSSR count). The van der Waals surface area contributed by atoms with Gasteiger partial charge in [-0.25, -0.2) is 4.98 Å². The van der Waals surface area contributed by atoms with Gasteiger partial charge in [0.25, 0.3) is 0 Å². The first-order valence-corrected chi connectivity index (χ1v) is 7.33. The van der Waals surface area contributed by atoms with Gasteiger partial charge in [0.1, 0.15) is 0 Å². The van der Waals surface area contributed by atoms with Crippen LogP contribution >= 0.6 is 11.3 Å². The number of likely N-dealkylation sites (N-methyl/N-ethyl adjacent to an activating group) is 1. The zero-order valence-corrected chi connectivity index (χ0v) is 12.1. The maximum atomic E-state index is 5.58. The smallest absolute Gasteiger partial charge is 0.232 e. The average molecular weight is 281 g/mol. The third-order valence-corrected chi connectivity index (χ3v) is 3.68. The molecule has 0 unspecified atom stereocenters. The molecule has 0 aliphatic heterocycles. The van der Waals surface area contributed by atoms with Gasteiger partial charge in [-0.2, -0.15) is 4.98 Å². The highest BCUT2D eigenvalue weighted by Crippen LogP contribution is 2.14. The van der Waals surface area contributed by atoms with E-state index in [2.05, 4.69) is 33.9 Å². The van der Waals surface area contributed by atoms with Gasteiger partial charge in [-0.15, -0.1) is 11.3 Å². The zero-order valence-electron chi connectivity index (χ0n) is 11.3. The second-order valence-corrected chi connectivity index (χ2v) is 5.12. The standard InChI is InChI=1S/C12H19N5OS/c1-3-17(4-2)6-5-10-15-11(18-16-10)7-9-8-19-12(13)14-9/h8H,3-7H2,1-2H3,(H2,13,14). The Balaban J connectivity index is 1.88. The van der Waals surface area contributed by atoms with Gasteiger partial charge in [0.2, 0.25) is 5.89 Å². The molecule has 0 spiro atoms. The topological polar surface area (TPSA) is 81.1 Å². The molecule has 2 heterocycles. The first-order chi connectivity index (χ1) is 9.21. The van der Waals surface area contributed by atoms with Crippen molar-refractivity contribution in [3.63, 3.8) is 0 Å². The molecule has 0 aromatic carbocycles. The summed E-state index contributed by atoms with van der Waals surface area (Å²) in [6.07, 6.45) is 1.36. The third-order valence-electron chi connectivity index (χ3n) is 2.96. The van der Waals surface area contributed by atoms with Crippen LogP contribution in [0.5, 0.6) is 0 Å². The lowest BCUT2D eigenvalue weighted by molar-refractivity contribution is 0.302. The van der Waals surface area contributed by atoms with Gasteiger partial charge < -0.3 is 15.2 Å². The van der Waals surface area contributed by atoms with Gasteiger partial charge in [-0.1, -0.05) is 19.0 Å². The molecular weight excluding hydrogens is 262 g/mol. The highest BCUT2D eigenvalue weighted by Gasteiger charge is 2.10. The van der Waals surface area contributed by atoms with E-state index in [0.29, 0.717) is 17.4 Å². The van der Waals surface area contributed by atoms with Crippen molar-refractivity contribution in [2.45, 2.75) is 26.7 Å². The van der Waals surface area contributed by atoms with Crippen LogP contribution in [0.4, 0.5) is 5.13 Å². The van der Waals surface area contributed by atoms with Crippen LogP contribution in [0.15, 0.2) is 9.90 Å². The van der Waals surface area contributed by atoms with E-state index in [1.165, 1.54) is 11.3 Å². The van der Waals surface area contributed by atoms with Gasteiger partial charge in [0, 0.05) is 18.3 Å². The maximum absolute atomic E-state index is 5.58. The number of nitrogens with two attached hydrogens (primary N) is 1. The Bertz CT molecular complexity index is 506. The van der Waals surface area contributed by atoms with Crippen molar-refractivity contribution in [3.8, 4) is 0 Å². The summed E-state index contributed by atoms with van der Waals surface area (Å²) in [7, 11) is 0. The van der Waals surface area contributed by atoms with Crippen molar-refractivity contribution in [1.29, 1.82) is 0 Å². The van der Waals surface area contributed by atoms with Crippen molar-refractivity contribution in [2.24, 2.45) is 0 Å². The predicted molar refractivity (Wildman–Crippen MR) is 75.1 cm³/mol. The molecule has 104 valence electrons. The molecule has 19 heavy (non-hydrogen) atoms. The van der Waals surface area contributed by atoms with E-state index in [1.54, 1.807) is 0 Å². The molecule has 0 aliphatic rings. The minimum absolute atomic E-state index is 0.548. The minimum Gasteiger partial charge on any atom is -0.375 e. The summed E-state index contributed by atoms with van der Waals surface area (Å²) in [5, 5.41) is 6.47. The first-order valence-electron chi connectivity index (χ1n) is 6.45. The largest absolute Gasteiger partial charge is 0.375 e. The molecule has 0 fully saturated rings. The van der Waals surface area contributed by atoms with Gasteiger partial charge in [-0.05, 0) is 13.1 Å². The number of aromatic nitrogens is 3. The zero-order chi connectivity index (χ0) is 13.7. The van der Waals surface area contributed by atoms with Crippen LogP contribution in [-0.4, -0.2) is 39.7 Å². The van der Waals surface area contributed by atoms with Crippen LogP contribution in [0.25, 0.3) is 0 Å². The molecule has 0 aliphatic carbocycles. The summed E-state index contributed by atoms with van der Waals surface area (Å²) < 4.78 is 5.22. The van der Waals surface area contributed by atoms with Crippen LogP contribution in [-0.2, 0) is 12.8 Å². The fourth-order valence-electron chi connectivity index (χ4n) is 1.82. The molecular formula is C12H19N5OS. The Labute approximate surface area is 116 Å². The number of anilines is 1. The quantitative estimate of drug-likeness (QED) is 0.830. The van der Waals surface area contributed by atoms with E-state index in [9.17, 15) is 0 Å². The molecule has 0 bridgehead atoms. The highest BCUT2D eigenvalue weighted by molar-refractivity contribution is 7.13. The number of rotatable bonds is 7. The number of nitrogen functional groups attached to an aromatic ring is 1. The lowest BCUT2D eigenvalue weighted by Crippen LogP contribution is -2.25. The van der Waals surface area contributed by atoms with E-state index in [4.69, 9.17) is 10.3 Å². The monoisotopic (exact) mass is 281 g/mol. The summed E-state index contributed by atoms with van der Waals surface area (Å²) in [4.78, 5) is 10.9. The predicted octanol–water partition coefficient (Wildman–Crippen LogP) is 1.58. The molecule has 2 N–H and O–H groups in total. The van der Waals surface area contributed by atoms with Crippen molar-refractivity contribution in [3.05, 3.63) is 22.8 Å². The van der Waals surface area contributed by atoms with Crippen molar-refractivity contribution in [1.82, 2.24) is 20.0 Å². The van der Waals surface area contributed by atoms with Crippen molar-refractivity contribution in [2.75, 3.05) is 25.4 Å². The Morgan fingerprint density at radius 3 is 2.74 bits per heavy atom. The molecule has 2 aromatic rings. The Morgan fingerprint density at radius 1 is 1.32 bits per heavy atom. The van der Waals surface area contributed by atoms with Gasteiger partial charge in [0.05, 0.1) is 12.1 Å². The van der Waals surface area contributed by atoms with Crippen LogP contribution in [0.1, 0.15) is 31.3 Å². The summed E-state index contributed by atoms with van der Waals surface area (Å²) in [6, 6.07) is 0. The van der Waals surface area contributed by atoms with Crippen LogP contribution < -0.4 is 5.73 Å². The molecule has 6 nitrogen and oxygen atoms in total. The fraction of sp³-hybridized carbons (Fsp3) is 0.583. The van der Waals surface area contributed by atoms with E-state index in [-0.39, 0.29) is 0 Å². The second kappa shape index (κ2) is 6.63. The molecule has 0 saturated carbocycles. The molecule has 0 atom stereocenters. The van der Waals surface area contributed by atoms with Crippen LogP contribution in [0.3, 0.4) is 0 Å². The van der Waals surface area contributed by atoms with Crippen molar-refractivity contribution >= 4 is 16.5 Å². The first kappa shape index (κ1) is 14.0. The average Bonchev–Trinajstić information content (AvgIpc) is 3.01. The van der Waals surface area contributed by atoms with Gasteiger partial charge >= 0.3 is 0 Å². The van der Waals surface area contributed by atoms with Crippen LogP contribution in [0, 0.1) is 0 Å². The van der Waals surface area contributed by atoms with E-state index < -0.39 is 0 Å². The highest BCUT2D eigenvalue weighted by atomic mass is 32.1. The Morgan fingerprint density at radius 2 is 2.11 bits per heavy atom. The normalized spacial score (nSPS) is 11.3. The van der Waals surface area contributed by atoms with E-state index in [1.807, 2.05) is 5.38 Å². The minimum atomic E-state index is 0.548. The number of hydrogen-bond acceptors (Lipinski definition) is 7. The second-order valence-electron chi connectivity index (χ2n) is 4.24. The Hall–Kier alpha value is -1.47. The number of nitrogens with zero attached hydrogens (tertiary/aromatic N) is 4. The molecule has 0 amide bonds. The summed E-state index contributed by atoms with van der Waals surface area (Å²) in [6.45, 7) is 7.34. The lowest BCUT2D eigenvalue weighted by atomic mass is 10.3. The van der Waals surface area contributed by atoms with Crippen molar-refractivity contribution < 1.29 is 4.52 Å². The van der Waals surface area contributed by atoms with E-state index in [0.717, 1.165) is 37.6 Å². The molecule has 0 radical (unpaired) electrons. The van der Waals surface area contributed by atoms with Gasteiger partial charge in [-0.3, -0.25) is 0 Å². The summed E-state index contributed by atoms with van der Waals surface area (Å²) >= 11 is 1.42. The summed E-state index contributed by atoms with van der Waals surface area (Å²) in [5.74, 6) is 1.35. The maximum Gasteiger partial charge on any atom is 0.232 e. The third kappa shape index (κ3) is 4.00. The van der Waals surface area contributed by atoms with Crippen LogP contribution in [0.2, 0.25) is 0 Å². The SMILES string of the molecule is CCN(CC)CCc1noc(Cc2csc(N)n2)n1. The fourth-order valence-corrected chi connectivity index (χ4v) is 2.38.